The minimum absolute atomic E-state index is 0.128. The van der Waals surface area contributed by atoms with Gasteiger partial charge >= 0.3 is 0 Å². The van der Waals surface area contributed by atoms with Crippen molar-refractivity contribution >= 4 is 11.6 Å². The van der Waals surface area contributed by atoms with Crippen molar-refractivity contribution in [3.8, 4) is 0 Å². The SMILES string of the molecule is Cc1noc(C)c1CCC(=O)N1CCN(c2ccccc2F)CC1. The number of amides is 1. The number of halogens is 1. The highest BCUT2D eigenvalue weighted by atomic mass is 19.1. The Morgan fingerprint density at radius 1 is 1.21 bits per heavy atom. The van der Waals surface area contributed by atoms with Crippen LogP contribution in [0, 0.1) is 19.7 Å². The van der Waals surface area contributed by atoms with Crippen LogP contribution in [0.1, 0.15) is 23.4 Å². The zero-order chi connectivity index (χ0) is 17.1. The fourth-order valence-corrected chi connectivity index (χ4v) is 3.15. The lowest BCUT2D eigenvalue weighted by molar-refractivity contribution is -0.131. The number of hydrogen-bond donors (Lipinski definition) is 0. The van der Waals surface area contributed by atoms with E-state index in [1.807, 2.05) is 29.7 Å². The highest BCUT2D eigenvalue weighted by Crippen LogP contribution is 2.21. The Kier molecular flexibility index (Phi) is 4.83. The normalized spacial score (nSPS) is 15.0. The van der Waals surface area contributed by atoms with Gasteiger partial charge in [-0.25, -0.2) is 4.39 Å². The number of carbonyl (C=O) groups is 1. The first-order valence-electron chi connectivity index (χ1n) is 8.25. The van der Waals surface area contributed by atoms with Crippen LogP contribution in [0.4, 0.5) is 10.1 Å². The van der Waals surface area contributed by atoms with E-state index in [1.165, 1.54) is 6.07 Å². The Morgan fingerprint density at radius 2 is 1.92 bits per heavy atom. The molecule has 0 saturated carbocycles. The van der Waals surface area contributed by atoms with Crippen LogP contribution < -0.4 is 4.90 Å². The molecule has 6 heteroatoms. The minimum Gasteiger partial charge on any atom is -0.366 e. The number of para-hydroxylation sites is 1. The summed E-state index contributed by atoms with van der Waals surface area (Å²) in [5, 5.41) is 3.92. The number of aryl methyl sites for hydroxylation is 2. The lowest BCUT2D eigenvalue weighted by atomic mass is 10.1. The molecule has 0 unspecified atom stereocenters. The summed E-state index contributed by atoms with van der Waals surface area (Å²) >= 11 is 0. The molecule has 2 aromatic rings. The predicted octanol–water partition coefficient (Wildman–Crippen LogP) is 2.71. The van der Waals surface area contributed by atoms with Gasteiger partial charge in [-0.15, -0.1) is 0 Å². The van der Waals surface area contributed by atoms with Crippen molar-refractivity contribution in [3.63, 3.8) is 0 Å². The van der Waals surface area contributed by atoms with Crippen molar-refractivity contribution in [2.45, 2.75) is 26.7 Å². The molecule has 1 amide bonds. The molecule has 0 spiro atoms. The van der Waals surface area contributed by atoms with E-state index in [2.05, 4.69) is 5.16 Å². The van der Waals surface area contributed by atoms with Crippen molar-refractivity contribution < 1.29 is 13.7 Å². The Hall–Kier alpha value is -2.37. The number of nitrogens with zero attached hydrogens (tertiary/aromatic N) is 3. The molecule has 1 fully saturated rings. The monoisotopic (exact) mass is 331 g/mol. The third kappa shape index (κ3) is 3.42. The molecule has 2 heterocycles. The summed E-state index contributed by atoms with van der Waals surface area (Å²) in [5.41, 5.74) is 2.48. The van der Waals surface area contributed by atoms with Crippen molar-refractivity contribution in [1.29, 1.82) is 0 Å². The summed E-state index contributed by atoms with van der Waals surface area (Å²) in [6.45, 7) is 6.30. The molecule has 0 N–H and O–H groups in total. The molecule has 1 aliphatic heterocycles. The Balaban J connectivity index is 1.53. The summed E-state index contributed by atoms with van der Waals surface area (Å²) in [7, 11) is 0. The van der Waals surface area contributed by atoms with Gasteiger partial charge in [0.05, 0.1) is 11.4 Å². The third-order valence-electron chi connectivity index (χ3n) is 4.60. The van der Waals surface area contributed by atoms with Gasteiger partial charge in [-0.2, -0.15) is 0 Å². The van der Waals surface area contributed by atoms with Crippen LogP contribution in [0.3, 0.4) is 0 Å². The van der Waals surface area contributed by atoms with E-state index in [0.29, 0.717) is 44.7 Å². The molecule has 3 rings (SSSR count). The quantitative estimate of drug-likeness (QED) is 0.864. The largest absolute Gasteiger partial charge is 0.366 e. The van der Waals surface area contributed by atoms with Crippen molar-refractivity contribution in [2.75, 3.05) is 31.1 Å². The van der Waals surface area contributed by atoms with E-state index in [1.54, 1.807) is 12.1 Å². The second-order valence-corrected chi connectivity index (χ2v) is 6.12. The van der Waals surface area contributed by atoms with Crippen molar-refractivity contribution in [2.24, 2.45) is 0 Å². The standard InChI is InChI=1S/C18H22FN3O2/c1-13-15(14(2)24-20-13)7-8-18(23)22-11-9-21(10-12-22)17-6-4-3-5-16(17)19/h3-6H,7-12H2,1-2H3. The number of aromatic nitrogens is 1. The second-order valence-electron chi connectivity index (χ2n) is 6.12. The van der Waals surface area contributed by atoms with Crippen LogP contribution >= 0.6 is 0 Å². The number of piperazine rings is 1. The molecule has 1 aromatic carbocycles. The fraction of sp³-hybridized carbons (Fsp3) is 0.444. The van der Waals surface area contributed by atoms with Gasteiger partial charge in [-0.3, -0.25) is 4.79 Å². The lowest BCUT2D eigenvalue weighted by Gasteiger charge is -2.36. The van der Waals surface area contributed by atoms with Gasteiger partial charge in [0.15, 0.2) is 0 Å². The maximum Gasteiger partial charge on any atom is 0.223 e. The highest BCUT2D eigenvalue weighted by Gasteiger charge is 2.23. The highest BCUT2D eigenvalue weighted by molar-refractivity contribution is 5.77. The zero-order valence-electron chi connectivity index (χ0n) is 14.1. The lowest BCUT2D eigenvalue weighted by Crippen LogP contribution is -2.49. The number of benzene rings is 1. The predicted molar refractivity (Wildman–Crippen MR) is 89.5 cm³/mol. The van der Waals surface area contributed by atoms with Gasteiger partial charge in [0.1, 0.15) is 11.6 Å². The molecular formula is C18H22FN3O2. The average molecular weight is 331 g/mol. The van der Waals surface area contributed by atoms with Gasteiger partial charge in [-0.05, 0) is 32.4 Å². The summed E-state index contributed by atoms with van der Waals surface area (Å²) in [6, 6.07) is 6.77. The topological polar surface area (TPSA) is 49.6 Å². The summed E-state index contributed by atoms with van der Waals surface area (Å²) < 4.78 is 19.0. The molecular weight excluding hydrogens is 309 g/mol. The van der Waals surface area contributed by atoms with Crippen LogP contribution in [0.25, 0.3) is 0 Å². The van der Waals surface area contributed by atoms with Gasteiger partial charge in [0, 0.05) is 38.2 Å². The maximum absolute atomic E-state index is 13.8. The molecule has 0 bridgehead atoms. The molecule has 5 nitrogen and oxygen atoms in total. The average Bonchev–Trinajstić information content (AvgIpc) is 2.91. The molecule has 128 valence electrons. The first-order valence-corrected chi connectivity index (χ1v) is 8.25. The molecule has 1 aliphatic rings. The molecule has 24 heavy (non-hydrogen) atoms. The Labute approximate surface area is 141 Å². The van der Waals surface area contributed by atoms with Gasteiger partial charge in [0.25, 0.3) is 0 Å². The van der Waals surface area contributed by atoms with Gasteiger partial charge in [-0.1, -0.05) is 17.3 Å². The molecule has 1 aromatic heterocycles. The minimum atomic E-state index is -0.212. The third-order valence-corrected chi connectivity index (χ3v) is 4.60. The van der Waals surface area contributed by atoms with Crippen molar-refractivity contribution in [3.05, 3.63) is 47.1 Å². The van der Waals surface area contributed by atoms with Crippen LogP contribution in [0.5, 0.6) is 0 Å². The smallest absolute Gasteiger partial charge is 0.223 e. The van der Waals surface area contributed by atoms with E-state index < -0.39 is 0 Å². The first kappa shape index (κ1) is 16.5. The van der Waals surface area contributed by atoms with Gasteiger partial charge < -0.3 is 14.3 Å². The van der Waals surface area contributed by atoms with E-state index in [0.717, 1.165) is 17.0 Å². The number of anilines is 1. The van der Waals surface area contributed by atoms with Crippen LogP contribution in [-0.4, -0.2) is 42.1 Å². The summed E-state index contributed by atoms with van der Waals surface area (Å²) in [4.78, 5) is 16.3. The van der Waals surface area contributed by atoms with E-state index in [-0.39, 0.29) is 11.7 Å². The van der Waals surface area contributed by atoms with E-state index >= 15 is 0 Å². The maximum atomic E-state index is 13.8. The Morgan fingerprint density at radius 3 is 2.54 bits per heavy atom. The van der Waals surface area contributed by atoms with E-state index in [4.69, 9.17) is 4.52 Å². The van der Waals surface area contributed by atoms with E-state index in [9.17, 15) is 9.18 Å². The summed E-state index contributed by atoms with van der Waals surface area (Å²) in [5.74, 6) is 0.698. The number of hydrogen-bond acceptors (Lipinski definition) is 4. The first-order chi connectivity index (χ1) is 11.6. The van der Waals surface area contributed by atoms with Gasteiger partial charge in [0.2, 0.25) is 5.91 Å². The Bertz CT molecular complexity index is 701. The zero-order valence-corrected chi connectivity index (χ0v) is 14.1. The molecule has 0 atom stereocenters. The number of carbonyl (C=O) groups excluding carboxylic acids is 1. The van der Waals surface area contributed by atoms with Crippen LogP contribution in [-0.2, 0) is 11.2 Å². The molecule has 1 saturated heterocycles. The van der Waals surface area contributed by atoms with Crippen molar-refractivity contribution in [1.82, 2.24) is 10.1 Å². The van der Waals surface area contributed by atoms with Crippen LogP contribution in [0.15, 0.2) is 28.8 Å². The number of rotatable bonds is 4. The molecule has 0 radical (unpaired) electrons. The van der Waals surface area contributed by atoms with Crippen LogP contribution in [0.2, 0.25) is 0 Å². The fourth-order valence-electron chi connectivity index (χ4n) is 3.15. The second kappa shape index (κ2) is 7.03. The summed E-state index contributed by atoms with van der Waals surface area (Å²) in [6.07, 6.45) is 1.09. The molecule has 0 aliphatic carbocycles.